The number of carbonyl (C=O) groups excluding carboxylic acids is 1. The number of methoxy groups -OCH3 is 1. The van der Waals surface area contributed by atoms with Crippen molar-refractivity contribution in [2.75, 3.05) is 7.11 Å². The van der Waals surface area contributed by atoms with Crippen LogP contribution in [0, 0.1) is 6.92 Å². The number of rotatable bonds is 4. The molecular weight excluding hydrogens is 356 g/mol. The van der Waals surface area contributed by atoms with Gasteiger partial charge in [0.15, 0.2) is 5.78 Å². The van der Waals surface area contributed by atoms with Crippen LogP contribution in [-0.4, -0.2) is 22.3 Å². The summed E-state index contributed by atoms with van der Waals surface area (Å²) in [4.78, 5) is 16.8. The van der Waals surface area contributed by atoms with E-state index in [2.05, 4.69) is 20.9 Å². The van der Waals surface area contributed by atoms with Crippen molar-refractivity contribution in [2.45, 2.75) is 6.92 Å². The van der Waals surface area contributed by atoms with Crippen molar-refractivity contribution >= 4 is 33.4 Å². The molecule has 0 fully saturated rings. The molecule has 0 spiro atoms. The Labute approximate surface area is 142 Å². The summed E-state index contributed by atoms with van der Waals surface area (Å²) in [7, 11) is 1.59. The Morgan fingerprint density at radius 1 is 1.35 bits per heavy atom. The number of nitrogens with zero attached hydrogens (tertiary/aromatic N) is 2. The van der Waals surface area contributed by atoms with Gasteiger partial charge >= 0.3 is 0 Å². The zero-order valence-electron chi connectivity index (χ0n) is 12.8. The van der Waals surface area contributed by atoms with Crippen LogP contribution in [0.3, 0.4) is 0 Å². The van der Waals surface area contributed by atoms with Crippen molar-refractivity contribution in [3.63, 3.8) is 0 Å². The van der Waals surface area contributed by atoms with E-state index in [4.69, 9.17) is 4.74 Å². The number of carbonyl (C=O) groups is 1. The van der Waals surface area contributed by atoms with Gasteiger partial charge in [-0.15, -0.1) is 0 Å². The zero-order chi connectivity index (χ0) is 16.4. The highest BCUT2D eigenvalue weighted by Crippen LogP contribution is 2.24. The zero-order valence-corrected chi connectivity index (χ0v) is 14.4. The van der Waals surface area contributed by atoms with E-state index in [-0.39, 0.29) is 5.78 Å². The van der Waals surface area contributed by atoms with E-state index in [1.165, 1.54) is 0 Å². The van der Waals surface area contributed by atoms with E-state index in [9.17, 15) is 4.79 Å². The molecule has 116 valence electrons. The van der Waals surface area contributed by atoms with Gasteiger partial charge in [0, 0.05) is 16.2 Å². The molecule has 0 aliphatic carbocycles. The molecule has 0 bridgehead atoms. The molecule has 1 aromatic carbocycles. The summed E-state index contributed by atoms with van der Waals surface area (Å²) >= 11 is 3.40. The first-order valence-electron chi connectivity index (χ1n) is 7.09. The Balaban J connectivity index is 1.90. The summed E-state index contributed by atoms with van der Waals surface area (Å²) in [6.07, 6.45) is 7.02. The summed E-state index contributed by atoms with van der Waals surface area (Å²) in [5.74, 6) is 0.622. The van der Waals surface area contributed by atoms with Crippen molar-refractivity contribution in [1.82, 2.24) is 9.38 Å². The molecule has 0 aliphatic rings. The lowest BCUT2D eigenvalue weighted by molar-refractivity contribution is 0.104. The number of pyridine rings is 1. The molecule has 3 rings (SSSR count). The molecule has 0 aliphatic heterocycles. The summed E-state index contributed by atoms with van der Waals surface area (Å²) in [5, 5.41) is 0. The Kier molecular flexibility index (Phi) is 4.30. The van der Waals surface area contributed by atoms with Crippen LogP contribution >= 0.6 is 15.9 Å². The Morgan fingerprint density at radius 2 is 2.17 bits per heavy atom. The molecule has 3 aromatic rings. The van der Waals surface area contributed by atoms with Gasteiger partial charge in [0.05, 0.1) is 19.0 Å². The fourth-order valence-corrected chi connectivity index (χ4v) is 2.92. The predicted molar refractivity (Wildman–Crippen MR) is 94.0 cm³/mol. The number of allylic oxidation sites excluding steroid dienone is 1. The highest BCUT2D eigenvalue weighted by molar-refractivity contribution is 9.10. The smallest absolute Gasteiger partial charge is 0.187 e. The number of fused-ring (bicyclic) bond motifs is 1. The van der Waals surface area contributed by atoms with E-state index >= 15 is 0 Å². The lowest BCUT2D eigenvalue weighted by Crippen LogP contribution is -1.97. The quantitative estimate of drug-likeness (QED) is 0.507. The van der Waals surface area contributed by atoms with Gasteiger partial charge in [-0.25, -0.2) is 4.98 Å². The number of ketones is 1. The number of hydrogen-bond donors (Lipinski definition) is 0. The molecule has 0 saturated heterocycles. The van der Waals surface area contributed by atoms with Crippen molar-refractivity contribution in [1.29, 1.82) is 0 Å². The van der Waals surface area contributed by atoms with Gasteiger partial charge in [-0.05, 0) is 64.8 Å². The van der Waals surface area contributed by atoms with E-state index in [0.717, 1.165) is 16.9 Å². The first kappa shape index (κ1) is 15.5. The highest BCUT2D eigenvalue weighted by atomic mass is 79.9. The van der Waals surface area contributed by atoms with E-state index in [0.29, 0.717) is 15.8 Å². The van der Waals surface area contributed by atoms with Crippen LogP contribution in [0.1, 0.15) is 21.6 Å². The minimum Gasteiger partial charge on any atom is -0.497 e. The van der Waals surface area contributed by atoms with Crippen LogP contribution in [0.4, 0.5) is 0 Å². The average molecular weight is 371 g/mol. The van der Waals surface area contributed by atoms with Gasteiger partial charge in [0.2, 0.25) is 0 Å². The van der Waals surface area contributed by atoms with Gasteiger partial charge in [-0.3, -0.25) is 4.79 Å². The molecule has 2 aromatic heterocycles. The van der Waals surface area contributed by atoms with E-state index in [1.807, 2.05) is 29.7 Å². The standard InChI is InChI=1S/C18H15BrN2O2/c1-12-4-3-9-21-13(11-20-18(12)21)5-8-17(22)15-7-6-14(23-2)10-16(15)19/h3-11H,1-2H3/b8-5+. The summed E-state index contributed by atoms with van der Waals surface area (Å²) in [6, 6.07) is 9.26. The number of imidazole rings is 1. The fourth-order valence-electron chi connectivity index (χ4n) is 2.37. The SMILES string of the molecule is COc1ccc(C(=O)/C=C/c2cnc3c(C)cccn23)c(Br)c1. The molecule has 0 atom stereocenters. The third-order valence-corrected chi connectivity index (χ3v) is 4.26. The summed E-state index contributed by atoms with van der Waals surface area (Å²) in [6.45, 7) is 2.01. The molecule has 0 amide bonds. The molecular formula is C18H15BrN2O2. The number of ether oxygens (including phenoxy) is 1. The number of hydrogen-bond acceptors (Lipinski definition) is 3. The third-order valence-electron chi connectivity index (χ3n) is 3.61. The first-order chi connectivity index (χ1) is 11.1. The second-order valence-corrected chi connectivity index (χ2v) is 5.97. The molecule has 4 nitrogen and oxygen atoms in total. The number of aromatic nitrogens is 2. The predicted octanol–water partition coefficient (Wildman–Crippen LogP) is 4.31. The molecule has 0 unspecified atom stereocenters. The number of benzene rings is 1. The van der Waals surface area contributed by atoms with Crippen molar-refractivity contribution in [3.05, 3.63) is 70.1 Å². The van der Waals surface area contributed by atoms with Gasteiger partial charge in [0.1, 0.15) is 11.4 Å². The Bertz CT molecular complexity index is 913. The van der Waals surface area contributed by atoms with Crippen LogP contribution in [-0.2, 0) is 0 Å². The number of aryl methyl sites for hydroxylation is 1. The van der Waals surface area contributed by atoms with Gasteiger partial charge in [-0.2, -0.15) is 0 Å². The van der Waals surface area contributed by atoms with Crippen molar-refractivity contribution in [2.24, 2.45) is 0 Å². The minimum absolute atomic E-state index is 0.0814. The third kappa shape index (κ3) is 3.05. The molecule has 5 heteroatoms. The van der Waals surface area contributed by atoms with Crippen molar-refractivity contribution in [3.8, 4) is 5.75 Å². The second-order valence-electron chi connectivity index (χ2n) is 5.11. The van der Waals surface area contributed by atoms with Crippen LogP contribution in [0.25, 0.3) is 11.7 Å². The van der Waals surface area contributed by atoms with Crippen LogP contribution < -0.4 is 4.74 Å². The lowest BCUT2D eigenvalue weighted by Gasteiger charge is -2.04. The second kappa shape index (κ2) is 6.38. The van der Waals surface area contributed by atoms with Gasteiger partial charge in [-0.1, -0.05) is 6.07 Å². The Morgan fingerprint density at radius 3 is 2.91 bits per heavy atom. The lowest BCUT2D eigenvalue weighted by atomic mass is 10.1. The van der Waals surface area contributed by atoms with Crippen LogP contribution in [0.15, 0.2) is 53.3 Å². The first-order valence-corrected chi connectivity index (χ1v) is 7.88. The summed E-state index contributed by atoms with van der Waals surface area (Å²) < 4.78 is 7.81. The van der Waals surface area contributed by atoms with Gasteiger partial charge < -0.3 is 9.14 Å². The maximum Gasteiger partial charge on any atom is 0.187 e. The number of halogens is 1. The monoisotopic (exact) mass is 370 g/mol. The highest BCUT2D eigenvalue weighted by Gasteiger charge is 2.09. The fraction of sp³-hybridized carbons (Fsp3) is 0.111. The minimum atomic E-state index is -0.0814. The largest absolute Gasteiger partial charge is 0.497 e. The van der Waals surface area contributed by atoms with Crippen LogP contribution in [0.5, 0.6) is 5.75 Å². The molecule has 0 radical (unpaired) electrons. The normalized spacial score (nSPS) is 11.3. The van der Waals surface area contributed by atoms with Gasteiger partial charge in [0.25, 0.3) is 0 Å². The molecule has 0 saturated carbocycles. The maximum atomic E-state index is 12.4. The molecule has 2 heterocycles. The summed E-state index contributed by atoms with van der Waals surface area (Å²) in [5.41, 5.74) is 3.44. The van der Waals surface area contributed by atoms with Crippen molar-refractivity contribution < 1.29 is 9.53 Å². The van der Waals surface area contributed by atoms with E-state index < -0.39 is 0 Å². The Hall–Kier alpha value is -2.40. The average Bonchev–Trinajstić information content (AvgIpc) is 2.97. The van der Waals surface area contributed by atoms with E-state index in [1.54, 1.807) is 43.7 Å². The van der Waals surface area contributed by atoms with Crippen LogP contribution in [0.2, 0.25) is 0 Å². The molecule has 0 N–H and O–H groups in total. The molecule has 23 heavy (non-hydrogen) atoms. The topological polar surface area (TPSA) is 43.6 Å². The maximum absolute atomic E-state index is 12.4.